The molecular formula is C24H24FN3O2S2. The Morgan fingerprint density at radius 3 is 2.34 bits per heavy atom. The lowest BCUT2D eigenvalue weighted by molar-refractivity contribution is 0.0746. The van der Waals surface area contributed by atoms with E-state index in [1.807, 2.05) is 36.1 Å². The fraction of sp³-hybridized carbons (Fsp3) is 0.292. The molecule has 1 fully saturated rings. The van der Waals surface area contributed by atoms with Crippen LogP contribution in [0.5, 0.6) is 0 Å². The zero-order chi connectivity index (χ0) is 22.7. The Labute approximate surface area is 195 Å². The van der Waals surface area contributed by atoms with Gasteiger partial charge < -0.3 is 9.80 Å². The van der Waals surface area contributed by atoms with Gasteiger partial charge in [0.15, 0.2) is 5.78 Å². The van der Waals surface area contributed by atoms with E-state index in [-0.39, 0.29) is 11.7 Å². The summed E-state index contributed by atoms with van der Waals surface area (Å²) in [7, 11) is 0. The molecule has 5 nitrogen and oxygen atoms in total. The Hall–Kier alpha value is -2.71. The molecule has 1 saturated heterocycles. The Morgan fingerprint density at radius 1 is 1.06 bits per heavy atom. The molecule has 0 N–H and O–H groups in total. The number of Topliss-reactive ketones (excluding diaryl/α,β-unsaturated/α-hetero) is 1. The van der Waals surface area contributed by atoms with Crippen LogP contribution in [0.2, 0.25) is 0 Å². The van der Waals surface area contributed by atoms with E-state index in [0.717, 1.165) is 21.3 Å². The van der Waals surface area contributed by atoms with Crippen LogP contribution in [0.4, 0.5) is 10.1 Å². The second-order valence-electron chi connectivity index (χ2n) is 7.67. The third-order valence-corrected chi connectivity index (χ3v) is 7.28. The number of nitrogens with zero attached hydrogens (tertiary/aromatic N) is 3. The van der Waals surface area contributed by atoms with Gasteiger partial charge in [0.1, 0.15) is 5.82 Å². The quantitative estimate of drug-likeness (QED) is 0.374. The van der Waals surface area contributed by atoms with Gasteiger partial charge in [-0.2, -0.15) is 0 Å². The first-order valence-electron chi connectivity index (χ1n) is 10.4. The number of carbonyl (C=O) groups excluding carboxylic acids is 2. The molecule has 4 rings (SSSR count). The largest absolute Gasteiger partial charge is 0.366 e. The molecule has 0 spiro atoms. The number of carbonyl (C=O) groups is 2. The van der Waals surface area contributed by atoms with Crippen LogP contribution in [-0.2, 0) is 5.75 Å². The van der Waals surface area contributed by atoms with E-state index in [1.165, 1.54) is 13.0 Å². The minimum atomic E-state index is -0.404. The van der Waals surface area contributed by atoms with Crippen molar-refractivity contribution < 1.29 is 14.0 Å². The average Bonchev–Trinajstić information content (AvgIpc) is 3.22. The van der Waals surface area contributed by atoms with Crippen molar-refractivity contribution in [1.82, 2.24) is 9.88 Å². The fourth-order valence-electron chi connectivity index (χ4n) is 3.64. The molecule has 0 bridgehead atoms. The van der Waals surface area contributed by atoms with Crippen molar-refractivity contribution in [2.24, 2.45) is 0 Å². The third kappa shape index (κ3) is 5.19. The molecule has 0 aliphatic carbocycles. The van der Waals surface area contributed by atoms with Crippen LogP contribution in [-0.4, -0.2) is 47.8 Å². The fourth-order valence-corrected chi connectivity index (χ4v) is 5.15. The Balaban J connectivity index is 1.32. The van der Waals surface area contributed by atoms with Gasteiger partial charge in [-0.15, -0.1) is 23.1 Å². The number of aryl methyl sites for hydroxylation is 1. The molecule has 1 aliphatic heterocycles. The van der Waals surface area contributed by atoms with Gasteiger partial charge in [-0.3, -0.25) is 9.59 Å². The molecule has 0 saturated carbocycles. The van der Waals surface area contributed by atoms with Gasteiger partial charge in [0.05, 0.1) is 16.4 Å². The predicted molar refractivity (Wildman–Crippen MR) is 127 cm³/mol. The standard InChI is InChI=1S/C24H24FN3O2S2/c1-16(29)19-5-8-23(22(25)13-19)27-9-11-28(12-10-27)24(30)18-3-6-21(7-4-18)32-15-20-14-31-17(2)26-20/h3-8,13-14H,9-12,15H2,1-2H3. The van der Waals surface area contributed by atoms with Crippen LogP contribution in [0.25, 0.3) is 0 Å². The first kappa shape index (κ1) is 22.5. The lowest BCUT2D eigenvalue weighted by Gasteiger charge is -2.36. The zero-order valence-electron chi connectivity index (χ0n) is 18.0. The van der Waals surface area contributed by atoms with Gasteiger partial charge >= 0.3 is 0 Å². The molecule has 32 heavy (non-hydrogen) atoms. The Morgan fingerprint density at radius 2 is 1.75 bits per heavy atom. The molecular weight excluding hydrogens is 445 g/mol. The zero-order valence-corrected chi connectivity index (χ0v) is 19.6. The van der Waals surface area contributed by atoms with Crippen molar-refractivity contribution in [3.63, 3.8) is 0 Å². The van der Waals surface area contributed by atoms with E-state index in [4.69, 9.17) is 0 Å². The molecule has 1 aliphatic rings. The molecule has 166 valence electrons. The number of piperazine rings is 1. The molecule has 0 atom stereocenters. The van der Waals surface area contributed by atoms with Gasteiger partial charge in [0, 0.05) is 53.3 Å². The predicted octanol–water partition coefficient (Wildman–Crippen LogP) is 5.05. The van der Waals surface area contributed by atoms with E-state index in [2.05, 4.69) is 10.4 Å². The van der Waals surface area contributed by atoms with E-state index >= 15 is 0 Å². The van der Waals surface area contributed by atoms with Gasteiger partial charge in [-0.25, -0.2) is 9.37 Å². The number of benzene rings is 2. The Kier molecular flexibility index (Phi) is 6.91. The average molecular weight is 470 g/mol. The molecule has 2 heterocycles. The number of rotatable bonds is 6. The highest BCUT2D eigenvalue weighted by Crippen LogP contribution is 2.25. The molecule has 0 radical (unpaired) electrons. The van der Waals surface area contributed by atoms with Crippen molar-refractivity contribution in [1.29, 1.82) is 0 Å². The summed E-state index contributed by atoms with van der Waals surface area (Å²) in [5.41, 5.74) is 2.56. The maximum Gasteiger partial charge on any atom is 0.253 e. The van der Waals surface area contributed by atoms with Crippen molar-refractivity contribution >= 4 is 40.5 Å². The molecule has 1 amide bonds. The maximum atomic E-state index is 14.4. The van der Waals surface area contributed by atoms with Crippen molar-refractivity contribution in [3.8, 4) is 0 Å². The summed E-state index contributed by atoms with van der Waals surface area (Å²) < 4.78 is 14.4. The summed E-state index contributed by atoms with van der Waals surface area (Å²) in [6, 6.07) is 12.2. The first-order chi connectivity index (χ1) is 15.4. The number of amides is 1. The first-order valence-corrected chi connectivity index (χ1v) is 12.3. The normalized spacial score (nSPS) is 14.0. The van der Waals surface area contributed by atoms with Crippen LogP contribution >= 0.6 is 23.1 Å². The number of hydrogen-bond donors (Lipinski definition) is 0. The lowest BCUT2D eigenvalue weighted by atomic mass is 10.1. The van der Waals surface area contributed by atoms with Crippen molar-refractivity contribution in [2.75, 3.05) is 31.1 Å². The number of aromatic nitrogens is 1. The SMILES string of the molecule is CC(=O)c1ccc(N2CCN(C(=O)c3ccc(SCc4csc(C)n4)cc3)CC2)c(F)c1. The number of hydrogen-bond acceptors (Lipinski definition) is 6. The van der Waals surface area contributed by atoms with Crippen LogP contribution in [0.3, 0.4) is 0 Å². The van der Waals surface area contributed by atoms with Crippen molar-refractivity contribution in [2.45, 2.75) is 24.5 Å². The summed E-state index contributed by atoms with van der Waals surface area (Å²) in [6.07, 6.45) is 0. The Bertz CT molecular complexity index is 1120. The van der Waals surface area contributed by atoms with Crippen LogP contribution in [0, 0.1) is 12.7 Å². The molecule has 2 aromatic carbocycles. The number of anilines is 1. The van der Waals surface area contributed by atoms with Gasteiger partial charge in [0.2, 0.25) is 0 Å². The topological polar surface area (TPSA) is 53.5 Å². The summed E-state index contributed by atoms with van der Waals surface area (Å²) >= 11 is 3.35. The second-order valence-corrected chi connectivity index (χ2v) is 9.78. The van der Waals surface area contributed by atoms with E-state index in [9.17, 15) is 14.0 Å². The molecule has 8 heteroatoms. The van der Waals surface area contributed by atoms with E-state index < -0.39 is 5.82 Å². The van der Waals surface area contributed by atoms with E-state index in [1.54, 1.807) is 40.1 Å². The summed E-state index contributed by atoms with van der Waals surface area (Å²) in [6.45, 7) is 5.55. The highest BCUT2D eigenvalue weighted by atomic mass is 32.2. The molecule has 1 aromatic heterocycles. The highest BCUT2D eigenvalue weighted by molar-refractivity contribution is 7.98. The number of ketones is 1. The van der Waals surface area contributed by atoms with E-state index in [0.29, 0.717) is 43.0 Å². The highest BCUT2D eigenvalue weighted by Gasteiger charge is 2.24. The minimum absolute atomic E-state index is 0.0104. The van der Waals surface area contributed by atoms with Crippen LogP contribution < -0.4 is 4.90 Å². The van der Waals surface area contributed by atoms with Crippen LogP contribution in [0.1, 0.15) is 38.3 Å². The summed E-state index contributed by atoms with van der Waals surface area (Å²) in [5, 5.41) is 3.14. The van der Waals surface area contributed by atoms with Crippen molar-refractivity contribution in [3.05, 3.63) is 75.5 Å². The number of halogens is 1. The summed E-state index contributed by atoms with van der Waals surface area (Å²) in [5.74, 6) is 0.236. The number of thiazole rings is 1. The molecule has 3 aromatic rings. The summed E-state index contributed by atoms with van der Waals surface area (Å²) in [4.78, 5) is 33.6. The smallest absolute Gasteiger partial charge is 0.253 e. The monoisotopic (exact) mass is 469 g/mol. The maximum absolute atomic E-state index is 14.4. The lowest BCUT2D eigenvalue weighted by Crippen LogP contribution is -2.49. The third-order valence-electron chi connectivity index (χ3n) is 5.42. The number of thioether (sulfide) groups is 1. The second kappa shape index (κ2) is 9.83. The van der Waals surface area contributed by atoms with Crippen LogP contribution in [0.15, 0.2) is 52.7 Å². The minimum Gasteiger partial charge on any atom is -0.366 e. The van der Waals surface area contributed by atoms with Gasteiger partial charge in [0.25, 0.3) is 5.91 Å². The van der Waals surface area contributed by atoms with Gasteiger partial charge in [-0.05, 0) is 56.3 Å². The molecule has 0 unspecified atom stereocenters. The van der Waals surface area contributed by atoms with Gasteiger partial charge in [-0.1, -0.05) is 0 Å².